The van der Waals surface area contributed by atoms with Gasteiger partial charge < -0.3 is 10.2 Å². The second kappa shape index (κ2) is 10.7. The van der Waals surface area contributed by atoms with Crippen LogP contribution < -0.4 is 5.32 Å². The fraction of sp³-hybridized carbons (Fsp3) is 0.316. The summed E-state index contributed by atoms with van der Waals surface area (Å²) in [5, 5.41) is 3.07. The molecule has 3 rings (SSSR count). The van der Waals surface area contributed by atoms with Crippen LogP contribution in [0.25, 0.3) is 0 Å². The average molecular weight is 412 g/mol. The minimum Gasteiger partial charge on any atom is -0.322 e. The van der Waals surface area contributed by atoms with Gasteiger partial charge in [0.2, 0.25) is 0 Å². The molecule has 2 aromatic rings. The van der Waals surface area contributed by atoms with Crippen LogP contribution in [-0.4, -0.2) is 54.4 Å². The van der Waals surface area contributed by atoms with Gasteiger partial charge in [-0.3, -0.25) is 4.90 Å². The highest BCUT2D eigenvalue weighted by Gasteiger charge is 2.21. The van der Waals surface area contributed by atoms with Gasteiger partial charge in [0.05, 0.1) is 5.69 Å². The SMILES string of the molecule is Cl.O=C(Nc1ccccc1Sc1ccccc1)N1CCN(CCCl)CC1. The van der Waals surface area contributed by atoms with Gasteiger partial charge in [0.1, 0.15) is 0 Å². The van der Waals surface area contributed by atoms with Crippen LogP contribution in [0.3, 0.4) is 0 Å². The van der Waals surface area contributed by atoms with Crippen LogP contribution in [0.2, 0.25) is 0 Å². The Morgan fingerprint density at radius 1 is 1.00 bits per heavy atom. The Balaban J connectivity index is 0.00000243. The van der Waals surface area contributed by atoms with Crippen molar-refractivity contribution >= 4 is 47.5 Å². The first kappa shape index (κ1) is 20.9. The first-order valence-electron chi connectivity index (χ1n) is 8.42. The van der Waals surface area contributed by atoms with Crippen molar-refractivity contribution in [3.8, 4) is 0 Å². The third-order valence-electron chi connectivity index (χ3n) is 4.16. The highest BCUT2D eigenvalue weighted by atomic mass is 35.5. The number of nitrogens with one attached hydrogen (secondary N) is 1. The number of rotatable bonds is 5. The Kier molecular flexibility index (Phi) is 8.59. The standard InChI is InChI=1S/C19H22ClN3OS.ClH/c20-10-11-22-12-14-23(15-13-22)19(24)21-17-8-4-5-9-18(17)25-16-6-2-1-3-7-16;/h1-9H,10-15H2,(H,21,24);1H. The fourth-order valence-electron chi connectivity index (χ4n) is 2.76. The molecular weight excluding hydrogens is 389 g/mol. The molecule has 140 valence electrons. The lowest BCUT2D eigenvalue weighted by atomic mass is 10.3. The summed E-state index contributed by atoms with van der Waals surface area (Å²) in [5.41, 5.74) is 0.851. The molecule has 1 aliphatic heterocycles. The monoisotopic (exact) mass is 411 g/mol. The predicted octanol–water partition coefficient (Wildman–Crippen LogP) is 4.65. The summed E-state index contributed by atoms with van der Waals surface area (Å²) in [7, 11) is 0. The largest absolute Gasteiger partial charge is 0.322 e. The van der Waals surface area contributed by atoms with Gasteiger partial charge in [-0.05, 0) is 24.3 Å². The van der Waals surface area contributed by atoms with Crippen molar-refractivity contribution < 1.29 is 4.79 Å². The summed E-state index contributed by atoms with van der Waals surface area (Å²) in [6.07, 6.45) is 0. The van der Waals surface area contributed by atoms with Crippen LogP contribution in [0.15, 0.2) is 64.4 Å². The van der Waals surface area contributed by atoms with E-state index >= 15 is 0 Å². The van der Waals surface area contributed by atoms with E-state index in [9.17, 15) is 4.79 Å². The number of urea groups is 1. The summed E-state index contributed by atoms with van der Waals surface area (Å²) in [5.74, 6) is 0.635. The molecular formula is C19H23Cl2N3OS. The number of alkyl halides is 1. The Morgan fingerprint density at radius 3 is 2.35 bits per heavy atom. The van der Waals surface area contributed by atoms with Crippen LogP contribution in [0.1, 0.15) is 0 Å². The minimum atomic E-state index is -0.0355. The lowest BCUT2D eigenvalue weighted by Gasteiger charge is -2.34. The smallest absolute Gasteiger partial charge is 0.321 e. The summed E-state index contributed by atoms with van der Waals surface area (Å²) >= 11 is 7.44. The van der Waals surface area contributed by atoms with Crippen molar-refractivity contribution in [1.29, 1.82) is 0 Å². The molecule has 0 aliphatic carbocycles. The zero-order valence-corrected chi connectivity index (χ0v) is 16.8. The molecule has 1 fully saturated rings. The molecule has 4 nitrogen and oxygen atoms in total. The van der Waals surface area contributed by atoms with Gasteiger partial charge in [0, 0.05) is 48.4 Å². The Hall–Kier alpha value is -1.40. The number of carbonyl (C=O) groups is 1. The number of hydrogen-bond acceptors (Lipinski definition) is 3. The van der Waals surface area contributed by atoms with Crippen LogP contribution >= 0.6 is 35.8 Å². The second-order valence-corrected chi connectivity index (χ2v) is 7.35. The summed E-state index contributed by atoms with van der Waals surface area (Å²) in [4.78, 5) is 19.0. The van der Waals surface area contributed by atoms with E-state index in [0.717, 1.165) is 48.2 Å². The maximum atomic E-state index is 12.6. The molecule has 26 heavy (non-hydrogen) atoms. The van der Waals surface area contributed by atoms with Crippen molar-refractivity contribution in [3.63, 3.8) is 0 Å². The van der Waals surface area contributed by atoms with Crippen LogP contribution in [-0.2, 0) is 0 Å². The van der Waals surface area contributed by atoms with Crippen LogP contribution in [0.5, 0.6) is 0 Å². The van der Waals surface area contributed by atoms with Crippen molar-refractivity contribution in [3.05, 3.63) is 54.6 Å². The highest BCUT2D eigenvalue weighted by molar-refractivity contribution is 7.99. The molecule has 0 unspecified atom stereocenters. The minimum absolute atomic E-state index is 0. The number of amides is 2. The van der Waals surface area contributed by atoms with E-state index in [4.69, 9.17) is 11.6 Å². The summed E-state index contributed by atoms with van der Waals surface area (Å²) < 4.78 is 0. The molecule has 0 bridgehead atoms. The molecule has 0 spiro atoms. The summed E-state index contributed by atoms with van der Waals surface area (Å²) in [6.45, 7) is 4.10. The molecule has 7 heteroatoms. The summed E-state index contributed by atoms with van der Waals surface area (Å²) in [6, 6.07) is 18.1. The maximum Gasteiger partial charge on any atom is 0.321 e. The molecule has 1 N–H and O–H groups in total. The molecule has 0 atom stereocenters. The number of nitrogens with zero attached hydrogens (tertiary/aromatic N) is 2. The maximum absolute atomic E-state index is 12.6. The number of para-hydroxylation sites is 1. The number of hydrogen-bond donors (Lipinski definition) is 1. The first-order chi connectivity index (χ1) is 12.3. The number of benzene rings is 2. The molecule has 2 aromatic carbocycles. The Labute approximate surface area is 170 Å². The quantitative estimate of drug-likeness (QED) is 0.727. The van der Waals surface area contributed by atoms with E-state index in [0.29, 0.717) is 5.88 Å². The van der Waals surface area contributed by atoms with E-state index in [2.05, 4.69) is 22.3 Å². The molecule has 1 heterocycles. The van der Waals surface area contributed by atoms with Crippen molar-refractivity contribution in [1.82, 2.24) is 9.80 Å². The lowest BCUT2D eigenvalue weighted by Crippen LogP contribution is -2.50. The van der Waals surface area contributed by atoms with E-state index in [1.54, 1.807) is 11.8 Å². The number of piperazine rings is 1. The van der Waals surface area contributed by atoms with Gasteiger partial charge in [0.15, 0.2) is 0 Å². The molecule has 1 aliphatic rings. The van der Waals surface area contributed by atoms with Crippen molar-refractivity contribution in [2.24, 2.45) is 0 Å². The first-order valence-corrected chi connectivity index (χ1v) is 9.77. The topological polar surface area (TPSA) is 35.6 Å². The third-order valence-corrected chi connectivity index (χ3v) is 5.41. The molecule has 0 radical (unpaired) electrons. The van der Waals surface area contributed by atoms with Gasteiger partial charge in [0.25, 0.3) is 0 Å². The van der Waals surface area contributed by atoms with E-state index in [1.807, 2.05) is 47.4 Å². The van der Waals surface area contributed by atoms with E-state index in [-0.39, 0.29) is 18.4 Å². The van der Waals surface area contributed by atoms with Gasteiger partial charge >= 0.3 is 6.03 Å². The fourth-order valence-corrected chi connectivity index (χ4v) is 3.92. The van der Waals surface area contributed by atoms with Gasteiger partial charge in [-0.2, -0.15) is 0 Å². The van der Waals surface area contributed by atoms with E-state index in [1.165, 1.54) is 0 Å². The molecule has 1 saturated heterocycles. The van der Waals surface area contributed by atoms with Gasteiger partial charge in [-0.1, -0.05) is 42.1 Å². The van der Waals surface area contributed by atoms with Crippen LogP contribution in [0, 0.1) is 0 Å². The normalized spacial score (nSPS) is 14.6. The van der Waals surface area contributed by atoms with Crippen molar-refractivity contribution in [2.75, 3.05) is 43.9 Å². The Bertz CT molecular complexity index is 694. The molecule has 0 aromatic heterocycles. The molecule has 0 saturated carbocycles. The zero-order valence-electron chi connectivity index (χ0n) is 14.4. The molecule has 2 amide bonds. The average Bonchev–Trinajstić information content (AvgIpc) is 2.65. The van der Waals surface area contributed by atoms with Crippen molar-refractivity contribution in [2.45, 2.75) is 9.79 Å². The van der Waals surface area contributed by atoms with E-state index < -0.39 is 0 Å². The zero-order chi connectivity index (χ0) is 17.5. The number of anilines is 1. The third kappa shape index (κ3) is 5.81. The second-order valence-electron chi connectivity index (χ2n) is 5.86. The van der Waals surface area contributed by atoms with Gasteiger partial charge in [-0.25, -0.2) is 4.79 Å². The predicted molar refractivity (Wildman–Crippen MR) is 112 cm³/mol. The van der Waals surface area contributed by atoms with Gasteiger partial charge in [-0.15, -0.1) is 24.0 Å². The number of carbonyl (C=O) groups excluding carboxylic acids is 1. The van der Waals surface area contributed by atoms with Crippen LogP contribution in [0.4, 0.5) is 10.5 Å². The lowest BCUT2D eigenvalue weighted by molar-refractivity contribution is 0.152. The Morgan fingerprint density at radius 2 is 1.65 bits per heavy atom. The highest BCUT2D eigenvalue weighted by Crippen LogP contribution is 2.33. The number of halogens is 2.